The molecule has 13 nitrogen and oxygen atoms in total. The Morgan fingerprint density at radius 2 is 1.64 bits per heavy atom. The van der Waals surface area contributed by atoms with Crippen molar-refractivity contribution in [3.63, 3.8) is 0 Å². The number of methoxy groups -OCH3 is 4. The summed E-state index contributed by atoms with van der Waals surface area (Å²) in [6, 6.07) is 3.35. The smallest absolute Gasteiger partial charge is 0.213 e. The maximum Gasteiger partial charge on any atom is 0.213 e. The maximum absolute atomic E-state index is 10.4. The SMILES string of the molecule is COc1cc(/C=C\CO)cc(OC)c1OC(C)OC(OC)[C@@H](O)C(O)COCOCC(O)(CO)OC. The molecule has 0 aliphatic rings. The summed E-state index contributed by atoms with van der Waals surface area (Å²) in [5.41, 5.74) is 0.708. The first-order valence-corrected chi connectivity index (χ1v) is 11.0. The van der Waals surface area contributed by atoms with Crippen molar-refractivity contribution < 1.29 is 63.4 Å². The molecule has 0 fully saturated rings. The Morgan fingerprint density at radius 1 is 1.00 bits per heavy atom. The van der Waals surface area contributed by atoms with Crippen LogP contribution in [0.1, 0.15) is 12.5 Å². The largest absolute Gasteiger partial charge is 0.493 e. The molecule has 13 heteroatoms. The van der Waals surface area contributed by atoms with Gasteiger partial charge in [0.1, 0.15) is 25.6 Å². The topological polar surface area (TPSA) is 175 Å². The third kappa shape index (κ3) is 10.1. The molecule has 0 saturated carbocycles. The first-order valence-electron chi connectivity index (χ1n) is 11.0. The number of benzene rings is 1. The number of rotatable bonds is 19. The second-order valence-electron chi connectivity index (χ2n) is 7.47. The molecule has 0 heterocycles. The van der Waals surface area contributed by atoms with Gasteiger partial charge in [0.25, 0.3) is 0 Å². The Kier molecular flexibility index (Phi) is 14.8. The van der Waals surface area contributed by atoms with E-state index in [1.165, 1.54) is 28.4 Å². The summed E-state index contributed by atoms with van der Waals surface area (Å²) < 4.78 is 42.2. The van der Waals surface area contributed by atoms with E-state index in [4.69, 9.17) is 48.1 Å². The van der Waals surface area contributed by atoms with Crippen molar-refractivity contribution in [1.29, 1.82) is 0 Å². The fourth-order valence-corrected chi connectivity index (χ4v) is 2.84. The second kappa shape index (κ2) is 16.7. The summed E-state index contributed by atoms with van der Waals surface area (Å²) in [7, 11) is 5.39. The predicted molar refractivity (Wildman–Crippen MR) is 125 cm³/mol. The predicted octanol–water partition coefficient (Wildman–Crippen LogP) is -0.537. The van der Waals surface area contributed by atoms with Gasteiger partial charge >= 0.3 is 0 Å². The van der Waals surface area contributed by atoms with Crippen LogP contribution in [0.25, 0.3) is 6.08 Å². The van der Waals surface area contributed by atoms with Crippen LogP contribution in [-0.4, -0.2) is 118 Å². The third-order valence-electron chi connectivity index (χ3n) is 4.82. The van der Waals surface area contributed by atoms with Gasteiger partial charge in [0, 0.05) is 14.2 Å². The lowest BCUT2D eigenvalue weighted by Gasteiger charge is -2.29. The molecule has 5 N–H and O–H groups in total. The van der Waals surface area contributed by atoms with Crippen molar-refractivity contribution in [1.82, 2.24) is 0 Å². The van der Waals surface area contributed by atoms with Gasteiger partial charge in [-0.3, -0.25) is 0 Å². The number of hydrogen-bond donors (Lipinski definition) is 5. The highest BCUT2D eigenvalue weighted by molar-refractivity contribution is 5.62. The highest BCUT2D eigenvalue weighted by Gasteiger charge is 2.30. The number of aliphatic hydroxyl groups is 5. The maximum atomic E-state index is 10.4. The third-order valence-corrected chi connectivity index (χ3v) is 4.82. The van der Waals surface area contributed by atoms with Crippen molar-refractivity contribution in [2.75, 3.05) is 61.7 Å². The van der Waals surface area contributed by atoms with Crippen LogP contribution in [0, 0.1) is 0 Å². The summed E-state index contributed by atoms with van der Waals surface area (Å²) in [4.78, 5) is 0. The van der Waals surface area contributed by atoms with Gasteiger partial charge in [0.2, 0.25) is 11.5 Å². The lowest BCUT2D eigenvalue weighted by molar-refractivity contribution is -0.262. The molecule has 4 unspecified atom stereocenters. The number of ether oxygens (including phenoxy) is 8. The Hall–Kier alpha value is -2.04. The molecular formula is C23H38O13. The molecule has 5 atom stereocenters. The normalized spacial score (nSPS) is 16.8. The van der Waals surface area contributed by atoms with Gasteiger partial charge in [-0.05, 0) is 24.6 Å². The van der Waals surface area contributed by atoms with Crippen molar-refractivity contribution in [2.24, 2.45) is 0 Å². The van der Waals surface area contributed by atoms with Crippen LogP contribution >= 0.6 is 0 Å². The quantitative estimate of drug-likeness (QED) is 0.116. The van der Waals surface area contributed by atoms with Gasteiger partial charge in [-0.2, -0.15) is 0 Å². The van der Waals surface area contributed by atoms with Crippen LogP contribution in [0.4, 0.5) is 0 Å². The van der Waals surface area contributed by atoms with Gasteiger partial charge in [-0.25, -0.2) is 0 Å². The van der Waals surface area contributed by atoms with Gasteiger partial charge in [-0.1, -0.05) is 12.2 Å². The van der Waals surface area contributed by atoms with E-state index in [-0.39, 0.29) is 32.4 Å². The average molecular weight is 523 g/mol. The van der Waals surface area contributed by atoms with Crippen molar-refractivity contribution in [3.05, 3.63) is 23.8 Å². The Bertz CT molecular complexity index is 743. The van der Waals surface area contributed by atoms with E-state index >= 15 is 0 Å². The zero-order chi connectivity index (χ0) is 27.1. The van der Waals surface area contributed by atoms with Gasteiger partial charge < -0.3 is 63.4 Å². The minimum atomic E-state index is -1.87. The molecule has 1 aromatic rings. The average Bonchev–Trinajstić information content (AvgIpc) is 2.89. The first-order chi connectivity index (χ1) is 17.2. The minimum Gasteiger partial charge on any atom is -0.493 e. The molecule has 0 spiro atoms. The Labute approximate surface area is 210 Å². The number of aliphatic hydroxyl groups excluding tert-OH is 4. The van der Waals surface area contributed by atoms with Crippen LogP contribution in [-0.2, 0) is 23.7 Å². The molecule has 36 heavy (non-hydrogen) atoms. The zero-order valence-corrected chi connectivity index (χ0v) is 21.2. The number of hydrogen-bond acceptors (Lipinski definition) is 13. The lowest BCUT2D eigenvalue weighted by atomic mass is 10.1. The Balaban J connectivity index is 2.70. The molecule has 0 saturated heterocycles. The zero-order valence-electron chi connectivity index (χ0n) is 21.2. The molecular weight excluding hydrogens is 484 g/mol. The second-order valence-corrected chi connectivity index (χ2v) is 7.47. The summed E-state index contributed by atoms with van der Waals surface area (Å²) in [6.07, 6.45) is -1.98. The van der Waals surface area contributed by atoms with E-state index in [0.29, 0.717) is 17.1 Å². The Morgan fingerprint density at radius 3 is 2.14 bits per heavy atom. The van der Waals surface area contributed by atoms with E-state index in [1.807, 2.05) is 0 Å². The van der Waals surface area contributed by atoms with E-state index in [9.17, 15) is 15.3 Å². The molecule has 208 valence electrons. The monoisotopic (exact) mass is 522 g/mol. The molecule has 0 radical (unpaired) electrons. The van der Waals surface area contributed by atoms with Crippen molar-refractivity contribution in [3.8, 4) is 17.2 Å². The van der Waals surface area contributed by atoms with E-state index in [1.54, 1.807) is 31.2 Å². The molecule has 0 aromatic heterocycles. The van der Waals surface area contributed by atoms with E-state index in [2.05, 4.69) is 0 Å². The fraction of sp³-hybridized carbons (Fsp3) is 0.652. The van der Waals surface area contributed by atoms with Gasteiger partial charge in [0.05, 0.1) is 34.0 Å². The molecule has 1 aromatic carbocycles. The van der Waals surface area contributed by atoms with Crippen LogP contribution in [0.3, 0.4) is 0 Å². The molecule has 0 aliphatic heterocycles. The highest BCUT2D eigenvalue weighted by Crippen LogP contribution is 2.39. The van der Waals surface area contributed by atoms with Crippen LogP contribution in [0.15, 0.2) is 18.2 Å². The molecule has 0 amide bonds. The lowest BCUT2D eigenvalue weighted by Crippen LogP contribution is -2.45. The standard InChI is InChI=1S/C23H38O13/c1-15(35-21-18(29-2)9-16(7-6-8-24)10-19(21)30-3)36-22(31-4)20(27)17(26)11-33-14-34-13-23(28,12-25)32-5/h6-7,9-10,15,17,20,22,24-28H,8,11-14H2,1-5H3/b7-6-/t15?,17?,20-,22?,23?/m0/s1. The summed E-state index contributed by atoms with van der Waals surface area (Å²) in [5.74, 6) is -0.953. The van der Waals surface area contributed by atoms with Gasteiger partial charge in [-0.15, -0.1) is 0 Å². The first kappa shape index (κ1) is 32.0. The van der Waals surface area contributed by atoms with Crippen molar-refractivity contribution in [2.45, 2.75) is 37.5 Å². The summed E-state index contributed by atoms with van der Waals surface area (Å²) in [5, 5.41) is 48.4. The van der Waals surface area contributed by atoms with E-state index < -0.39 is 37.2 Å². The van der Waals surface area contributed by atoms with Crippen LogP contribution in [0.2, 0.25) is 0 Å². The van der Waals surface area contributed by atoms with E-state index in [0.717, 1.165) is 0 Å². The van der Waals surface area contributed by atoms with Gasteiger partial charge in [0.15, 0.2) is 24.1 Å². The minimum absolute atomic E-state index is 0.126. The van der Waals surface area contributed by atoms with Crippen LogP contribution < -0.4 is 14.2 Å². The fourth-order valence-electron chi connectivity index (χ4n) is 2.84. The molecule has 0 bridgehead atoms. The van der Waals surface area contributed by atoms with Crippen molar-refractivity contribution >= 4 is 6.08 Å². The molecule has 1 rings (SSSR count). The van der Waals surface area contributed by atoms with Crippen LogP contribution in [0.5, 0.6) is 17.2 Å². The highest BCUT2D eigenvalue weighted by atomic mass is 16.8. The molecule has 0 aliphatic carbocycles. The summed E-state index contributed by atoms with van der Waals surface area (Å²) >= 11 is 0. The summed E-state index contributed by atoms with van der Waals surface area (Å²) in [6.45, 7) is -0.333.